The van der Waals surface area contributed by atoms with Crippen LogP contribution in [0.2, 0.25) is 0 Å². The van der Waals surface area contributed by atoms with Gasteiger partial charge in [-0.25, -0.2) is 4.79 Å². The molecule has 1 heterocycles. The van der Waals surface area contributed by atoms with Gasteiger partial charge in [0.1, 0.15) is 0 Å². The lowest BCUT2D eigenvalue weighted by Crippen LogP contribution is -2.62. The lowest BCUT2D eigenvalue weighted by Gasteiger charge is -2.56. The molecule has 1 aliphatic carbocycles. The van der Waals surface area contributed by atoms with Gasteiger partial charge in [-0.1, -0.05) is 32.0 Å². The number of urea groups is 1. The van der Waals surface area contributed by atoms with E-state index in [1.54, 1.807) is 7.11 Å². The van der Waals surface area contributed by atoms with E-state index < -0.39 is 0 Å². The topological polar surface area (TPSA) is 61.8 Å². The summed E-state index contributed by atoms with van der Waals surface area (Å²) in [4.78, 5) is 14.5. The van der Waals surface area contributed by atoms with Crippen molar-refractivity contribution in [1.29, 1.82) is 0 Å². The largest absolute Gasteiger partial charge is 0.392 e. The van der Waals surface area contributed by atoms with Crippen LogP contribution in [0.15, 0.2) is 24.3 Å². The Kier molecular flexibility index (Phi) is 4.83. The van der Waals surface area contributed by atoms with Gasteiger partial charge in [0.15, 0.2) is 0 Å². The molecule has 2 N–H and O–H groups in total. The van der Waals surface area contributed by atoms with E-state index in [4.69, 9.17) is 4.74 Å². The molecule has 0 radical (unpaired) electrons. The van der Waals surface area contributed by atoms with Gasteiger partial charge in [0, 0.05) is 37.7 Å². The Morgan fingerprint density at radius 2 is 2.00 bits per heavy atom. The molecule has 1 aromatic rings. The predicted octanol–water partition coefficient (Wildman–Crippen LogP) is 3.20. The molecule has 2 fully saturated rings. The molecule has 2 aliphatic rings. The molecule has 2 atom stereocenters. The Labute approximate surface area is 144 Å². The number of benzene rings is 1. The summed E-state index contributed by atoms with van der Waals surface area (Å²) in [6, 6.07) is 7.90. The SMILES string of the molecule is CO[C@H]1C[C@@H](O)C12CCN(C(=O)Nc1ccccc1C(C)C)CC2. The third-order valence-corrected chi connectivity index (χ3v) is 5.83. The lowest BCUT2D eigenvalue weighted by atomic mass is 9.58. The van der Waals surface area contributed by atoms with Crippen molar-refractivity contribution in [3.05, 3.63) is 29.8 Å². The van der Waals surface area contributed by atoms with Crippen LogP contribution in [0.1, 0.15) is 44.6 Å². The number of hydrogen-bond donors (Lipinski definition) is 2. The van der Waals surface area contributed by atoms with E-state index >= 15 is 0 Å². The number of piperidine rings is 1. The van der Waals surface area contributed by atoms with Crippen LogP contribution in [0.3, 0.4) is 0 Å². The van der Waals surface area contributed by atoms with Gasteiger partial charge in [0.05, 0.1) is 12.2 Å². The van der Waals surface area contributed by atoms with Gasteiger partial charge < -0.3 is 20.1 Å². The average Bonchev–Trinajstić information content (AvgIpc) is 2.59. The zero-order valence-corrected chi connectivity index (χ0v) is 14.8. The summed E-state index contributed by atoms with van der Waals surface area (Å²) in [5, 5.41) is 13.2. The molecule has 24 heavy (non-hydrogen) atoms. The van der Waals surface area contributed by atoms with Crippen molar-refractivity contribution in [3.8, 4) is 0 Å². The first-order valence-corrected chi connectivity index (χ1v) is 8.83. The Balaban J connectivity index is 1.62. The lowest BCUT2D eigenvalue weighted by molar-refractivity contribution is -0.198. The fraction of sp³-hybridized carbons (Fsp3) is 0.632. The summed E-state index contributed by atoms with van der Waals surface area (Å²) in [6.45, 7) is 5.57. The second-order valence-corrected chi connectivity index (χ2v) is 7.37. The number of likely N-dealkylation sites (tertiary alicyclic amines) is 1. The summed E-state index contributed by atoms with van der Waals surface area (Å²) < 4.78 is 5.50. The van der Waals surface area contributed by atoms with Crippen molar-refractivity contribution < 1.29 is 14.6 Å². The van der Waals surface area contributed by atoms with E-state index in [1.807, 2.05) is 23.1 Å². The average molecular weight is 332 g/mol. The van der Waals surface area contributed by atoms with Crippen molar-refractivity contribution in [1.82, 2.24) is 4.90 Å². The van der Waals surface area contributed by atoms with Crippen molar-refractivity contribution in [3.63, 3.8) is 0 Å². The van der Waals surface area contributed by atoms with Gasteiger partial charge in [-0.05, 0) is 30.4 Å². The molecular formula is C19H28N2O3. The van der Waals surface area contributed by atoms with E-state index in [0.29, 0.717) is 25.4 Å². The molecule has 132 valence electrons. The van der Waals surface area contributed by atoms with Gasteiger partial charge >= 0.3 is 6.03 Å². The summed E-state index contributed by atoms with van der Waals surface area (Å²) in [5.41, 5.74) is 1.88. The molecular weight excluding hydrogens is 304 g/mol. The highest BCUT2D eigenvalue weighted by Gasteiger charge is 2.56. The third kappa shape index (κ3) is 2.91. The number of aliphatic hydroxyl groups is 1. The quantitative estimate of drug-likeness (QED) is 0.893. The minimum absolute atomic E-state index is 0.0549. The van der Waals surface area contributed by atoms with Crippen LogP contribution >= 0.6 is 0 Å². The number of rotatable bonds is 3. The Bertz CT molecular complexity index is 594. The second-order valence-electron chi connectivity index (χ2n) is 7.37. The van der Waals surface area contributed by atoms with E-state index in [1.165, 1.54) is 0 Å². The van der Waals surface area contributed by atoms with Crippen molar-refractivity contribution >= 4 is 11.7 Å². The number of methoxy groups -OCH3 is 1. The highest BCUT2D eigenvalue weighted by atomic mass is 16.5. The number of carbonyl (C=O) groups excluding carboxylic acids is 1. The van der Waals surface area contributed by atoms with Crippen LogP contribution in [0, 0.1) is 5.41 Å². The van der Waals surface area contributed by atoms with Crippen LogP contribution in [0.25, 0.3) is 0 Å². The number of hydrogen-bond acceptors (Lipinski definition) is 3. The number of para-hydroxylation sites is 1. The molecule has 5 nitrogen and oxygen atoms in total. The molecule has 5 heteroatoms. The maximum atomic E-state index is 12.6. The van der Waals surface area contributed by atoms with Crippen LogP contribution in [-0.4, -0.2) is 48.4 Å². The molecule has 1 saturated heterocycles. The fourth-order valence-corrected chi connectivity index (χ4v) is 4.15. The molecule has 1 spiro atoms. The zero-order chi connectivity index (χ0) is 17.3. The summed E-state index contributed by atoms with van der Waals surface area (Å²) >= 11 is 0. The predicted molar refractivity (Wildman–Crippen MR) is 94.2 cm³/mol. The molecule has 3 rings (SSSR count). The van der Waals surface area contributed by atoms with Gasteiger partial charge in [0.25, 0.3) is 0 Å². The highest BCUT2D eigenvalue weighted by Crippen LogP contribution is 2.50. The van der Waals surface area contributed by atoms with Crippen LogP contribution < -0.4 is 5.32 Å². The van der Waals surface area contributed by atoms with E-state index in [9.17, 15) is 9.90 Å². The Morgan fingerprint density at radius 3 is 2.58 bits per heavy atom. The van der Waals surface area contributed by atoms with Crippen LogP contribution in [0.4, 0.5) is 10.5 Å². The third-order valence-electron chi connectivity index (χ3n) is 5.83. The number of carbonyl (C=O) groups is 1. The molecule has 1 aromatic carbocycles. The number of nitrogens with zero attached hydrogens (tertiary/aromatic N) is 1. The number of aliphatic hydroxyl groups excluding tert-OH is 1. The first-order valence-electron chi connectivity index (χ1n) is 8.83. The minimum Gasteiger partial charge on any atom is -0.392 e. The van der Waals surface area contributed by atoms with Gasteiger partial charge in [0.2, 0.25) is 0 Å². The summed E-state index contributed by atoms with van der Waals surface area (Å²) in [7, 11) is 1.71. The van der Waals surface area contributed by atoms with E-state index in [-0.39, 0.29) is 23.7 Å². The van der Waals surface area contributed by atoms with Crippen molar-refractivity contribution in [2.75, 3.05) is 25.5 Å². The molecule has 0 bridgehead atoms. The molecule has 1 aliphatic heterocycles. The molecule has 0 aromatic heterocycles. The first-order chi connectivity index (χ1) is 11.5. The number of amides is 2. The molecule has 0 unspecified atom stereocenters. The number of nitrogens with one attached hydrogen (secondary N) is 1. The first kappa shape index (κ1) is 17.2. The van der Waals surface area contributed by atoms with Crippen LogP contribution in [-0.2, 0) is 4.74 Å². The van der Waals surface area contributed by atoms with Crippen molar-refractivity contribution in [2.45, 2.75) is 51.2 Å². The van der Waals surface area contributed by atoms with Crippen molar-refractivity contribution in [2.24, 2.45) is 5.41 Å². The van der Waals surface area contributed by atoms with Gasteiger partial charge in [-0.3, -0.25) is 0 Å². The summed E-state index contributed by atoms with van der Waals surface area (Å²) in [6.07, 6.45) is 2.14. The summed E-state index contributed by atoms with van der Waals surface area (Å²) in [5.74, 6) is 0.360. The monoisotopic (exact) mass is 332 g/mol. The zero-order valence-electron chi connectivity index (χ0n) is 14.8. The van der Waals surface area contributed by atoms with E-state index in [2.05, 4.69) is 25.2 Å². The van der Waals surface area contributed by atoms with E-state index in [0.717, 1.165) is 24.1 Å². The number of anilines is 1. The Morgan fingerprint density at radius 1 is 1.33 bits per heavy atom. The number of ether oxygens (including phenoxy) is 1. The Hall–Kier alpha value is -1.59. The normalized spacial score (nSPS) is 25.6. The fourth-order valence-electron chi connectivity index (χ4n) is 4.15. The van der Waals surface area contributed by atoms with Gasteiger partial charge in [-0.2, -0.15) is 0 Å². The molecule has 2 amide bonds. The minimum atomic E-state index is -0.297. The highest BCUT2D eigenvalue weighted by molar-refractivity contribution is 5.90. The second kappa shape index (κ2) is 6.73. The smallest absolute Gasteiger partial charge is 0.321 e. The maximum absolute atomic E-state index is 12.6. The van der Waals surface area contributed by atoms with Gasteiger partial charge in [-0.15, -0.1) is 0 Å². The standard InChI is InChI=1S/C19H28N2O3/c1-13(2)14-6-4-5-7-15(14)20-18(23)21-10-8-19(9-11-21)16(22)12-17(19)24-3/h4-7,13,16-17,22H,8-12H2,1-3H3,(H,20,23)/t16-,17+/m1/s1. The van der Waals surface area contributed by atoms with Crippen LogP contribution in [0.5, 0.6) is 0 Å². The molecule has 1 saturated carbocycles. The maximum Gasteiger partial charge on any atom is 0.321 e.